The molecule has 0 atom stereocenters. The van der Waals surface area contributed by atoms with Crippen LogP contribution in [0.4, 0.5) is 0 Å². The van der Waals surface area contributed by atoms with E-state index in [4.69, 9.17) is 0 Å². The SMILES string of the molecule is c1ccc2c(-c3cc(-c4cnc[nH]4)ccn3)cccc2c1. The molecule has 0 spiro atoms. The minimum atomic E-state index is 0.971. The molecule has 0 saturated heterocycles. The first-order valence-corrected chi connectivity index (χ1v) is 6.85. The van der Waals surface area contributed by atoms with Crippen LogP contribution < -0.4 is 0 Å². The molecule has 0 aliphatic carbocycles. The van der Waals surface area contributed by atoms with Crippen LogP contribution in [0.15, 0.2) is 73.3 Å². The van der Waals surface area contributed by atoms with E-state index < -0.39 is 0 Å². The van der Waals surface area contributed by atoms with Crippen molar-refractivity contribution in [1.82, 2.24) is 15.0 Å². The van der Waals surface area contributed by atoms with Crippen molar-refractivity contribution in [3.05, 3.63) is 73.3 Å². The lowest BCUT2D eigenvalue weighted by Crippen LogP contribution is -1.87. The summed E-state index contributed by atoms with van der Waals surface area (Å²) in [4.78, 5) is 11.7. The second kappa shape index (κ2) is 4.87. The molecule has 0 aliphatic rings. The molecule has 3 nitrogen and oxygen atoms in total. The lowest BCUT2D eigenvalue weighted by molar-refractivity contribution is 1.30. The maximum atomic E-state index is 4.54. The molecule has 3 heteroatoms. The monoisotopic (exact) mass is 271 g/mol. The first-order chi connectivity index (χ1) is 10.4. The maximum Gasteiger partial charge on any atom is 0.0924 e. The van der Waals surface area contributed by atoms with Crippen LogP contribution in [0.25, 0.3) is 33.3 Å². The lowest BCUT2D eigenvalue weighted by Gasteiger charge is -2.07. The number of nitrogens with zero attached hydrogens (tertiary/aromatic N) is 2. The van der Waals surface area contributed by atoms with E-state index in [0.29, 0.717) is 0 Å². The van der Waals surface area contributed by atoms with Gasteiger partial charge >= 0.3 is 0 Å². The van der Waals surface area contributed by atoms with Crippen molar-refractivity contribution < 1.29 is 0 Å². The van der Waals surface area contributed by atoms with E-state index >= 15 is 0 Å². The molecule has 0 fully saturated rings. The predicted octanol–water partition coefficient (Wildman–Crippen LogP) is 4.29. The van der Waals surface area contributed by atoms with Crippen molar-refractivity contribution in [2.24, 2.45) is 0 Å². The van der Waals surface area contributed by atoms with E-state index in [9.17, 15) is 0 Å². The molecule has 2 heterocycles. The third-order valence-corrected chi connectivity index (χ3v) is 3.63. The average molecular weight is 271 g/mol. The number of H-pyrrole nitrogens is 1. The summed E-state index contributed by atoms with van der Waals surface area (Å²) in [6.45, 7) is 0. The number of nitrogens with one attached hydrogen (secondary N) is 1. The average Bonchev–Trinajstić information content (AvgIpc) is 3.09. The number of imidazole rings is 1. The summed E-state index contributed by atoms with van der Waals surface area (Å²) >= 11 is 0. The first-order valence-electron chi connectivity index (χ1n) is 6.85. The Bertz CT molecular complexity index is 890. The summed E-state index contributed by atoms with van der Waals surface area (Å²) in [6.07, 6.45) is 5.35. The highest BCUT2D eigenvalue weighted by atomic mass is 14.9. The maximum absolute atomic E-state index is 4.54. The molecule has 0 saturated carbocycles. The Labute approximate surface area is 122 Å². The van der Waals surface area contributed by atoms with Gasteiger partial charge < -0.3 is 4.98 Å². The summed E-state index contributed by atoms with van der Waals surface area (Å²) in [5, 5.41) is 2.44. The van der Waals surface area contributed by atoms with Gasteiger partial charge in [-0.15, -0.1) is 0 Å². The fraction of sp³-hybridized carbons (Fsp3) is 0. The van der Waals surface area contributed by atoms with E-state index in [0.717, 1.165) is 22.5 Å². The second-order valence-corrected chi connectivity index (χ2v) is 4.92. The molecule has 4 aromatic rings. The highest BCUT2D eigenvalue weighted by molar-refractivity contribution is 5.96. The molecule has 0 radical (unpaired) electrons. The molecule has 0 aliphatic heterocycles. The number of aromatic nitrogens is 3. The van der Waals surface area contributed by atoms with E-state index in [2.05, 4.69) is 63.5 Å². The van der Waals surface area contributed by atoms with Crippen LogP contribution >= 0.6 is 0 Å². The second-order valence-electron chi connectivity index (χ2n) is 4.92. The van der Waals surface area contributed by atoms with Gasteiger partial charge in [0.2, 0.25) is 0 Å². The highest BCUT2D eigenvalue weighted by Gasteiger charge is 2.06. The highest BCUT2D eigenvalue weighted by Crippen LogP contribution is 2.29. The Morgan fingerprint density at radius 3 is 2.71 bits per heavy atom. The minimum Gasteiger partial charge on any atom is -0.345 e. The van der Waals surface area contributed by atoms with Gasteiger partial charge in [-0.1, -0.05) is 42.5 Å². The molecule has 2 aromatic carbocycles. The zero-order chi connectivity index (χ0) is 14.1. The number of hydrogen-bond donors (Lipinski definition) is 1. The molecule has 1 N–H and O–H groups in total. The first kappa shape index (κ1) is 11.9. The third kappa shape index (κ3) is 2.09. The Balaban J connectivity index is 1.91. The van der Waals surface area contributed by atoms with Crippen molar-refractivity contribution in [3.8, 4) is 22.5 Å². The largest absolute Gasteiger partial charge is 0.345 e. The van der Waals surface area contributed by atoms with Crippen molar-refractivity contribution in [2.75, 3.05) is 0 Å². The van der Waals surface area contributed by atoms with E-state index in [1.54, 1.807) is 6.33 Å². The van der Waals surface area contributed by atoms with E-state index in [1.165, 1.54) is 10.8 Å². The number of benzene rings is 2. The molecule has 0 unspecified atom stereocenters. The van der Waals surface area contributed by atoms with Gasteiger partial charge in [0.05, 0.1) is 23.9 Å². The van der Waals surface area contributed by atoms with Gasteiger partial charge in [0, 0.05) is 17.3 Å². The van der Waals surface area contributed by atoms with Crippen molar-refractivity contribution in [1.29, 1.82) is 0 Å². The van der Waals surface area contributed by atoms with Crippen molar-refractivity contribution in [2.45, 2.75) is 0 Å². The Morgan fingerprint density at radius 2 is 1.81 bits per heavy atom. The van der Waals surface area contributed by atoms with E-state index in [-0.39, 0.29) is 0 Å². The molecular weight excluding hydrogens is 258 g/mol. The molecule has 21 heavy (non-hydrogen) atoms. The fourth-order valence-corrected chi connectivity index (χ4v) is 2.61. The van der Waals surface area contributed by atoms with Crippen LogP contribution in [0.3, 0.4) is 0 Å². The van der Waals surface area contributed by atoms with Gasteiger partial charge in [-0.2, -0.15) is 0 Å². The Hall–Kier alpha value is -2.94. The smallest absolute Gasteiger partial charge is 0.0924 e. The molecule has 0 bridgehead atoms. The molecule has 4 rings (SSSR count). The number of pyridine rings is 1. The molecule has 0 amide bonds. The number of rotatable bonds is 2. The van der Waals surface area contributed by atoms with Gasteiger partial charge in [-0.05, 0) is 22.9 Å². The van der Waals surface area contributed by atoms with Crippen LogP contribution in [-0.4, -0.2) is 15.0 Å². The summed E-state index contributed by atoms with van der Waals surface area (Å²) in [7, 11) is 0. The molecule has 100 valence electrons. The predicted molar refractivity (Wildman–Crippen MR) is 84.8 cm³/mol. The quantitative estimate of drug-likeness (QED) is 0.591. The van der Waals surface area contributed by atoms with Crippen LogP contribution in [0, 0.1) is 0 Å². The summed E-state index contributed by atoms with van der Waals surface area (Å²) < 4.78 is 0. The standard InChI is InChI=1S/C18H13N3/c1-2-6-15-13(4-1)5-3-7-16(15)17-10-14(8-9-20-17)18-11-19-12-21-18/h1-12H,(H,19,21). The summed E-state index contributed by atoms with van der Waals surface area (Å²) in [5.74, 6) is 0. The van der Waals surface area contributed by atoms with Crippen LogP contribution in [0.2, 0.25) is 0 Å². The van der Waals surface area contributed by atoms with Crippen LogP contribution in [0.1, 0.15) is 0 Å². The Morgan fingerprint density at radius 1 is 0.905 bits per heavy atom. The minimum absolute atomic E-state index is 0.971. The van der Waals surface area contributed by atoms with Gasteiger partial charge in [0.1, 0.15) is 0 Å². The van der Waals surface area contributed by atoms with Gasteiger partial charge in [0.15, 0.2) is 0 Å². The summed E-state index contributed by atoms with van der Waals surface area (Å²) in [5.41, 5.74) is 4.21. The van der Waals surface area contributed by atoms with Crippen molar-refractivity contribution in [3.63, 3.8) is 0 Å². The lowest BCUT2D eigenvalue weighted by atomic mass is 10.0. The van der Waals surface area contributed by atoms with Gasteiger partial charge in [0.25, 0.3) is 0 Å². The third-order valence-electron chi connectivity index (χ3n) is 3.63. The summed E-state index contributed by atoms with van der Waals surface area (Å²) in [6, 6.07) is 18.8. The van der Waals surface area contributed by atoms with Gasteiger partial charge in [-0.3, -0.25) is 4.98 Å². The van der Waals surface area contributed by atoms with Crippen LogP contribution in [0.5, 0.6) is 0 Å². The number of aromatic amines is 1. The van der Waals surface area contributed by atoms with Gasteiger partial charge in [-0.25, -0.2) is 4.98 Å². The van der Waals surface area contributed by atoms with Crippen LogP contribution in [-0.2, 0) is 0 Å². The number of fused-ring (bicyclic) bond motifs is 1. The number of hydrogen-bond acceptors (Lipinski definition) is 2. The van der Waals surface area contributed by atoms with Crippen molar-refractivity contribution >= 4 is 10.8 Å². The zero-order valence-corrected chi connectivity index (χ0v) is 11.3. The molecular formula is C18H13N3. The zero-order valence-electron chi connectivity index (χ0n) is 11.3. The van der Waals surface area contributed by atoms with E-state index in [1.807, 2.05) is 18.5 Å². The molecule has 2 aromatic heterocycles. The Kier molecular flexibility index (Phi) is 2.75. The topological polar surface area (TPSA) is 41.6 Å². The fourth-order valence-electron chi connectivity index (χ4n) is 2.61. The normalized spacial score (nSPS) is 10.9.